The molecule has 2 aliphatic rings. The lowest BCUT2D eigenvalue weighted by Gasteiger charge is -2.29. The summed E-state index contributed by atoms with van der Waals surface area (Å²) >= 11 is -1.54. The smallest absolute Gasteiger partial charge is 0.303 e. The number of carbonyl (C=O) groups is 1. The summed E-state index contributed by atoms with van der Waals surface area (Å²) < 4.78 is 20.8. The molecule has 0 heterocycles. The Morgan fingerprint density at radius 1 is 1.30 bits per heavy atom. The van der Waals surface area contributed by atoms with Gasteiger partial charge in [-0.2, -0.15) is 4.21 Å². The zero-order chi connectivity index (χ0) is 19.2. The van der Waals surface area contributed by atoms with Crippen molar-refractivity contribution in [1.29, 1.82) is 0 Å². The number of rotatable bonds is 10. The summed E-state index contributed by atoms with van der Waals surface area (Å²) in [6, 6.07) is 7.53. The molecule has 27 heavy (non-hydrogen) atoms. The number of aryl methyl sites for hydroxylation is 1. The van der Waals surface area contributed by atoms with Crippen LogP contribution in [0.4, 0.5) is 0 Å². The Bertz CT molecular complexity index is 688. The summed E-state index contributed by atoms with van der Waals surface area (Å²) in [5.74, 6) is 2.25. The van der Waals surface area contributed by atoms with Crippen molar-refractivity contribution in [2.75, 3.05) is 6.54 Å². The van der Waals surface area contributed by atoms with E-state index >= 15 is 0 Å². The number of fused-ring (bicyclic) bond motifs is 2. The fourth-order valence-electron chi connectivity index (χ4n) is 4.56. The maximum absolute atomic E-state index is 12.2. The molecule has 5 nitrogen and oxygen atoms in total. The summed E-state index contributed by atoms with van der Waals surface area (Å²) in [5.41, 5.74) is 1.14. The van der Waals surface area contributed by atoms with Crippen LogP contribution >= 0.6 is 0 Å². The van der Waals surface area contributed by atoms with Crippen LogP contribution in [0.1, 0.15) is 44.1 Å². The zero-order valence-corrected chi connectivity index (χ0v) is 16.6. The number of nitrogens with one attached hydrogen (secondary N) is 1. The lowest BCUT2D eigenvalue weighted by atomic mass is 9.79. The second-order valence-corrected chi connectivity index (χ2v) is 8.69. The Hall–Kier alpha value is -1.66. The molecule has 0 radical (unpaired) electrons. The van der Waals surface area contributed by atoms with Crippen LogP contribution in [0.3, 0.4) is 0 Å². The van der Waals surface area contributed by atoms with Gasteiger partial charge in [0.05, 0.1) is 0 Å². The van der Waals surface area contributed by atoms with Crippen LogP contribution in [0.2, 0.25) is 0 Å². The molecule has 2 N–H and O–H groups in total. The first kappa shape index (κ1) is 20.1. The minimum atomic E-state index is -1.54. The highest BCUT2D eigenvalue weighted by Crippen LogP contribution is 2.52. The molecular weight excluding hydrogens is 362 g/mol. The Labute approximate surface area is 164 Å². The molecule has 1 aromatic carbocycles. The van der Waals surface area contributed by atoms with Crippen LogP contribution in [0, 0.1) is 30.6 Å². The standard InChI is InChI=1S/C21H29NO4S/c1-15-7-11-18(12-8-15)26-27(25)22-14-20-17-10-9-16(13-17)19(20)5-3-2-4-6-21(23)24/h3,5,7-8,11-12,16-17,19-20,22H,2,4,6,9-10,13-14H2,1H3,(H,23,24)/t16-,17+,19+,20?,27?/m0/s1. The lowest BCUT2D eigenvalue weighted by molar-refractivity contribution is -0.137. The summed E-state index contributed by atoms with van der Waals surface area (Å²) in [6.07, 6.45) is 9.92. The highest BCUT2D eigenvalue weighted by atomic mass is 32.2. The maximum Gasteiger partial charge on any atom is 0.303 e. The molecule has 0 saturated heterocycles. The Kier molecular flexibility index (Phi) is 7.07. The van der Waals surface area contributed by atoms with Gasteiger partial charge in [-0.3, -0.25) is 4.79 Å². The van der Waals surface area contributed by atoms with E-state index in [1.54, 1.807) is 0 Å². The van der Waals surface area contributed by atoms with Gasteiger partial charge in [0, 0.05) is 13.0 Å². The summed E-state index contributed by atoms with van der Waals surface area (Å²) in [7, 11) is 0. The predicted molar refractivity (Wildman–Crippen MR) is 106 cm³/mol. The third-order valence-electron chi connectivity index (χ3n) is 5.91. The normalized spacial score (nSPS) is 27.9. The molecule has 0 aromatic heterocycles. The van der Waals surface area contributed by atoms with Gasteiger partial charge >= 0.3 is 5.97 Å². The molecule has 2 aliphatic carbocycles. The SMILES string of the molecule is Cc1ccc(OS(=O)NCC2[C@@H]3CC[C@@H](C3)[C@H]2C=CCCCC(=O)O)cc1. The van der Waals surface area contributed by atoms with E-state index in [0.29, 0.717) is 42.4 Å². The second kappa shape index (κ2) is 9.51. The van der Waals surface area contributed by atoms with Gasteiger partial charge in [0.1, 0.15) is 5.75 Å². The maximum atomic E-state index is 12.2. The Morgan fingerprint density at radius 2 is 2.04 bits per heavy atom. The number of hydrogen-bond acceptors (Lipinski definition) is 3. The van der Waals surface area contributed by atoms with Gasteiger partial charge in [-0.1, -0.05) is 29.8 Å². The van der Waals surface area contributed by atoms with Crippen LogP contribution in [0.5, 0.6) is 5.75 Å². The minimum absolute atomic E-state index is 0.224. The van der Waals surface area contributed by atoms with Gasteiger partial charge in [0.25, 0.3) is 11.3 Å². The summed E-state index contributed by atoms with van der Waals surface area (Å²) in [5, 5.41) is 8.72. The number of carboxylic acids is 1. The molecule has 0 amide bonds. The molecule has 5 atom stereocenters. The Balaban J connectivity index is 1.48. The van der Waals surface area contributed by atoms with Crippen LogP contribution in [-0.4, -0.2) is 21.8 Å². The third kappa shape index (κ3) is 5.66. The number of unbranched alkanes of at least 4 members (excludes halogenated alkanes) is 1. The molecule has 148 valence electrons. The highest BCUT2D eigenvalue weighted by molar-refractivity contribution is 7.78. The van der Waals surface area contributed by atoms with Crippen LogP contribution in [-0.2, 0) is 16.1 Å². The summed E-state index contributed by atoms with van der Waals surface area (Å²) in [4.78, 5) is 10.6. The quantitative estimate of drug-likeness (QED) is 0.467. The largest absolute Gasteiger partial charge is 0.481 e. The molecule has 3 rings (SSSR count). The molecule has 2 unspecified atom stereocenters. The van der Waals surface area contributed by atoms with Gasteiger partial charge in [0.2, 0.25) is 0 Å². The van der Waals surface area contributed by atoms with Crippen molar-refractivity contribution < 1.29 is 18.3 Å². The van der Waals surface area contributed by atoms with Gasteiger partial charge in [-0.25, -0.2) is 4.72 Å². The number of allylic oxidation sites excluding steroid dienone is 2. The second-order valence-electron chi connectivity index (χ2n) is 7.77. The molecule has 1 aromatic rings. The van der Waals surface area contributed by atoms with E-state index in [1.807, 2.05) is 31.2 Å². The predicted octanol–water partition coefficient (Wildman–Crippen LogP) is 4.02. The summed E-state index contributed by atoms with van der Waals surface area (Å²) in [6.45, 7) is 2.69. The molecular formula is C21H29NO4S. The topological polar surface area (TPSA) is 75.6 Å². The average Bonchev–Trinajstić information content (AvgIpc) is 3.23. The monoisotopic (exact) mass is 391 g/mol. The first-order valence-electron chi connectivity index (χ1n) is 9.81. The van der Waals surface area contributed by atoms with Crippen molar-refractivity contribution in [1.82, 2.24) is 4.72 Å². The van der Waals surface area contributed by atoms with Crippen molar-refractivity contribution >= 4 is 17.2 Å². The molecule has 0 spiro atoms. The van der Waals surface area contributed by atoms with Crippen LogP contribution < -0.4 is 8.91 Å². The fourth-order valence-corrected chi connectivity index (χ4v) is 5.23. The van der Waals surface area contributed by atoms with Gasteiger partial charge in [-0.05, 0) is 74.8 Å². The van der Waals surface area contributed by atoms with Crippen molar-refractivity contribution in [3.05, 3.63) is 42.0 Å². The van der Waals surface area contributed by atoms with Crippen molar-refractivity contribution in [3.8, 4) is 5.75 Å². The number of benzene rings is 1. The fraction of sp³-hybridized carbons (Fsp3) is 0.571. The van der Waals surface area contributed by atoms with Gasteiger partial charge in [0.15, 0.2) is 0 Å². The Morgan fingerprint density at radius 3 is 2.78 bits per heavy atom. The third-order valence-corrected chi connectivity index (χ3v) is 6.65. The molecule has 2 fully saturated rings. The van der Waals surface area contributed by atoms with E-state index < -0.39 is 17.2 Å². The van der Waals surface area contributed by atoms with Crippen LogP contribution in [0.15, 0.2) is 36.4 Å². The minimum Gasteiger partial charge on any atom is -0.481 e. The van der Waals surface area contributed by atoms with Gasteiger partial charge < -0.3 is 9.29 Å². The van der Waals surface area contributed by atoms with Gasteiger partial charge in [-0.15, -0.1) is 0 Å². The first-order valence-corrected chi connectivity index (χ1v) is 10.9. The van der Waals surface area contributed by atoms with E-state index in [2.05, 4.69) is 16.9 Å². The van der Waals surface area contributed by atoms with Crippen LogP contribution in [0.25, 0.3) is 0 Å². The number of hydrogen-bond donors (Lipinski definition) is 2. The number of aliphatic carboxylic acids is 1. The first-order chi connectivity index (χ1) is 13.0. The van der Waals surface area contributed by atoms with E-state index in [9.17, 15) is 9.00 Å². The van der Waals surface area contributed by atoms with E-state index in [1.165, 1.54) is 19.3 Å². The molecule has 2 saturated carbocycles. The van der Waals surface area contributed by atoms with E-state index in [4.69, 9.17) is 9.29 Å². The average molecular weight is 392 g/mol. The van der Waals surface area contributed by atoms with Crippen molar-refractivity contribution in [2.45, 2.75) is 45.4 Å². The van der Waals surface area contributed by atoms with Crippen molar-refractivity contribution in [2.24, 2.45) is 23.7 Å². The molecule has 2 bridgehead atoms. The lowest BCUT2D eigenvalue weighted by Crippen LogP contribution is -2.34. The van der Waals surface area contributed by atoms with Crippen molar-refractivity contribution in [3.63, 3.8) is 0 Å². The zero-order valence-electron chi connectivity index (χ0n) is 15.8. The molecule has 0 aliphatic heterocycles. The van der Waals surface area contributed by atoms with E-state index in [0.717, 1.165) is 12.0 Å². The highest BCUT2D eigenvalue weighted by Gasteiger charge is 2.46. The molecule has 6 heteroatoms. The van der Waals surface area contributed by atoms with E-state index in [-0.39, 0.29) is 6.42 Å². The number of carboxylic acid groups (broad SMARTS) is 1.